The fourth-order valence-electron chi connectivity index (χ4n) is 2.17. The molecule has 0 amide bonds. The van der Waals surface area contributed by atoms with Crippen LogP contribution in [0.1, 0.15) is 36.8 Å². The van der Waals surface area contributed by atoms with Crippen LogP contribution in [-0.2, 0) is 6.42 Å². The van der Waals surface area contributed by atoms with Gasteiger partial charge in [0.2, 0.25) is 11.7 Å². The second kappa shape index (κ2) is 6.94. The number of aromatic nitrogens is 2. The van der Waals surface area contributed by atoms with Crippen molar-refractivity contribution in [1.82, 2.24) is 10.1 Å². The highest BCUT2D eigenvalue weighted by molar-refractivity contribution is 5.60. The standard InChI is InChI=1S/C17H20N2O2/c1-5-7-8-9-20-16-12(3)10-14(11-13(16)4)17-18-15(6-2)21-19-17/h1,10-11H,6-9H2,2-4H3. The molecule has 1 aromatic heterocycles. The minimum atomic E-state index is 0.622. The molecule has 0 aliphatic carbocycles. The second-order valence-corrected chi connectivity index (χ2v) is 4.96. The molecule has 2 aromatic rings. The van der Waals surface area contributed by atoms with E-state index in [1.807, 2.05) is 32.9 Å². The first-order valence-electron chi connectivity index (χ1n) is 7.16. The fourth-order valence-corrected chi connectivity index (χ4v) is 2.17. The molecule has 0 aliphatic rings. The molecule has 110 valence electrons. The number of benzene rings is 1. The van der Waals surface area contributed by atoms with Crippen LogP contribution < -0.4 is 4.74 Å². The van der Waals surface area contributed by atoms with E-state index in [1.54, 1.807) is 0 Å². The zero-order valence-corrected chi connectivity index (χ0v) is 12.8. The average molecular weight is 284 g/mol. The van der Waals surface area contributed by atoms with Gasteiger partial charge in [0.1, 0.15) is 5.75 Å². The summed E-state index contributed by atoms with van der Waals surface area (Å²) in [5.74, 6) is 4.80. The summed E-state index contributed by atoms with van der Waals surface area (Å²) in [5, 5.41) is 4.01. The Kier molecular flexibility index (Phi) is 4.99. The first kappa shape index (κ1) is 15.1. The van der Waals surface area contributed by atoms with E-state index < -0.39 is 0 Å². The molecule has 0 saturated heterocycles. The number of nitrogens with zero attached hydrogens (tertiary/aromatic N) is 2. The maximum atomic E-state index is 5.83. The Morgan fingerprint density at radius 2 is 2.00 bits per heavy atom. The van der Waals surface area contributed by atoms with Gasteiger partial charge < -0.3 is 9.26 Å². The van der Waals surface area contributed by atoms with E-state index >= 15 is 0 Å². The lowest BCUT2D eigenvalue weighted by atomic mass is 10.1. The van der Waals surface area contributed by atoms with E-state index in [9.17, 15) is 0 Å². The molecule has 1 heterocycles. The number of hydrogen-bond acceptors (Lipinski definition) is 4. The highest BCUT2D eigenvalue weighted by Gasteiger charge is 2.12. The Hall–Kier alpha value is -2.28. The highest BCUT2D eigenvalue weighted by Crippen LogP contribution is 2.29. The number of aryl methyl sites for hydroxylation is 3. The van der Waals surface area contributed by atoms with Crippen LogP contribution in [-0.4, -0.2) is 16.7 Å². The van der Waals surface area contributed by atoms with Gasteiger partial charge in [-0.25, -0.2) is 0 Å². The monoisotopic (exact) mass is 284 g/mol. The van der Waals surface area contributed by atoms with Gasteiger partial charge in [-0.1, -0.05) is 12.1 Å². The quantitative estimate of drug-likeness (QED) is 0.599. The van der Waals surface area contributed by atoms with Gasteiger partial charge in [0.05, 0.1) is 6.61 Å². The predicted molar refractivity (Wildman–Crippen MR) is 82.1 cm³/mol. The summed E-state index contributed by atoms with van der Waals surface area (Å²) in [6.07, 6.45) is 7.57. The van der Waals surface area contributed by atoms with E-state index in [-0.39, 0.29) is 0 Å². The molecular formula is C17H20N2O2. The lowest BCUT2D eigenvalue weighted by Crippen LogP contribution is -2.01. The van der Waals surface area contributed by atoms with E-state index in [0.717, 1.165) is 41.7 Å². The van der Waals surface area contributed by atoms with Crippen molar-refractivity contribution in [3.63, 3.8) is 0 Å². The summed E-state index contributed by atoms with van der Waals surface area (Å²) in [4.78, 5) is 4.36. The van der Waals surface area contributed by atoms with Crippen LogP contribution in [0.15, 0.2) is 16.7 Å². The minimum Gasteiger partial charge on any atom is -0.493 e. The van der Waals surface area contributed by atoms with Gasteiger partial charge in [-0.15, -0.1) is 12.3 Å². The van der Waals surface area contributed by atoms with Crippen LogP contribution in [0.25, 0.3) is 11.4 Å². The molecule has 4 nitrogen and oxygen atoms in total. The number of unbranched alkanes of at least 4 members (excludes halogenated alkanes) is 1. The Labute approximate surface area is 125 Å². The van der Waals surface area contributed by atoms with Gasteiger partial charge >= 0.3 is 0 Å². The largest absolute Gasteiger partial charge is 0.493 e. The number of rotatable bonds is 6. The highest BCUT2D eigenvalue weighted by atomic mass is 16.5. The lowest BCUT2D eigenvalue weighted by Gasteiger charge is -2.12. The van der Waals surface area contributed by atoms with Crippen LogP contribution in [0.3, 0.4) is 0 Å². The molecule has 0 saturated carbocycles. The molecule has 4 heteroatoms. The van der Waals surface area contributed by atoms with Gasteiger partial charge in [-0.05, 0) is 43.5 Å². The third kappa shape index (κ3) is 3.63. The Morgan fingerprint density at radius 1 is 1.29 bits per heavy atom. The summed E-state index contributed by atoms with van der Waals surface area (Å²) >= 11 is 0. The first-order valence-corrected chi connectivity index (χ1v) is 7.16. The van der Waals surface area contributed by atoms with Crippen LogP contribution in [0.2, 0.25) is 0 Å². The van der Waals surface area contributed by atoms with Gasteiger partial charge in [-0.3, -0.25) is 0 Å². The molecule has 0 radical (unpaired) electrons. The molecule has 1 aromatic carbocycles. The topological polar surface area (TPSA) is 48.2 Å². The van der Waals surface area contributed by atoms with Gasteiger partial charge in [0.25, 0.3) is 0 Å². The third-order valence-corrected chi connectivity index (χ3v) is 3.20. The van der Waals surface area contributed by atoms with Crippen molar-refractivity contribution in [1.29, 1.82) is 0 Å². The zero-order chi connectivity index (χ0) is 15.2. The molecule has 0 spiro atoms. The molecule has 0 fully saturated rings. The average Bonchev–Trinajstić information content (AvgIpc) is 2.94. The van der Waals surface area contributed by atoms with Crippen LogP contribution in [0.4, 0.5) is 0 Å². The fraction of sp³-hybridized carbons (Fsp3) is 0.412. The Balaban J connectivity index is 2.18. The van der Waals surface area contributed by atoms with Crippen LogP contribution in [0, 0.1) is 26.2 Å². The number of ether oxygens (including phenoxy) is 1. The number of terminal acetylenes is 1. The Morgan fingerprint density at radius 3 is 2.57 bits per heavy atom. The van der Waals surface area contributed by atoms with Crippen molar-refractivity contribution in [3.8, 4) is 29.5 Å². The smallest absolute Gasteiger partial charge is 0.226 e. The van der Waals surface area contributed by atoms with Crippen molar-refractivity contribution in [2.75, 3.05) is 6.61 Å². The summed E-state index contributed by atoms with van der Waals surface area (Å²) in [6.45, 7) is 6.66. The van der Waals surface area contributed by atoms with E-state index in [1.165, 1.54) is 0 Å². The molecular weight excluding hydrogens is 264 g/mol. The SMILES string of the molecule is C#CCCCOc1c(C)cc(-c2noc(CC)n2)cc1C. The van der Waals surface area contributed by atoms with E-state index in [4.69, 9.17) is 15.7 Å². The van der Waals surface area contributed by atoms with Crippen molar-refractivity contribution < 1.29 is 9.26 Å². The summed E-state index contributed by atoms with van der Waals surface area (Å²) in [7, 11) is 0. The third-order valence-electron chi connectivity index (χ3n) is 3.20. The van der Waals surface area contributed by atoms with Gasteiger partial charge in [0, 0.05) is 18.4 Å². The molecule has 0 bridgehead atoms. The van der Waals surface area contributed by atoms with Crippen molar-refractivity contribution >= 4 is 0 Å². The van der Waals surface area contributed by atoms with Crippen LogP contribution in [0.5, 0.6) is 5.75 Å². The van der Waals surface area contributed by atoms with Gasteiger partial charge in [-0.2, -0.15) is 4.98 Å². The number of hydrogen-bond donors (Lipinski definition) is 0. The molecule has 0 N–H and O–H groups in total. The molecule has 0 aliphatic heterocycles. The zero-order valence-electron chi connectivity index (χ0n) is 12.8. The van der Waals surface area contributed by atoms with Crippen molar-refractivity contribution in [2.45, 2.75) is 40.0 Å². The maximum Gasteiger partial charge on any atom is 0.226 e. The minimum absolute atomic E-state index is 0.622. The summed E-state index contributed by atoms with van der Waals surface area (Å²) < 4.78 is 11.0. The maximum absolute atomic E-state index is 5.83. The summed E-state index contributed by atoms with van der Waals surface area (Å²) in [5.41, 5.74) is 3.08. The Bertz CT molecular complexity index is 630. The predicted octanol–water partition coefficient (Wildman–Crippen LogP) is 3.71. The molecule has 0 atom stereocenters. The van der Waals surface area contributed by atoms with Crippen LogP contribution >= 0.6 is 0 Å². The lowest BCUT2D eigenvalue weighted by molar-refractivity contribution is 0.309. The molecule has 21 heavy (non-hydrogen) atoms. The first-order chi connectivity index (χ1) is 10.2. The van der Waals surface area contributed by atoms with E-state index in [2.05, 4.69) is 16.1 Å². The molecule has 0 unspecified atom stereocenters. The van der Waals surface area contributed by atoms with Gasteiger partial charge in [0.15, 0.2) is 0 Å². The van der Waals surface area contributed by atoms with Crippen molar-refractivity contribution in [2.24, 2.45) is 0 Å². The summed E-state index contributed by atoms with van der Waals surface area (Å²) in [6, 6.07) is 4.04. The van der Waals surface area contributed by atoms with Crippen molar-refractivity contribution in [3.05, 3.63) is 29.2 Å². The van der Waals surface area contributed by atoms with E-state index in [0.29, 0.717) is 18.3 Å². The molecule has 2 rings (SSSR count). The second-order valence-electron chi connectivity index (χ2n) is 4.96. The normalized spacial score (nSPS) is 10.4.